The lowest BCUT2D eigenvalue weighted by Crippen LogP contribution is -2.50. The van der Waals surface area contributed by atoms with Gasteiger partial charge in [0.1, 0.15) is 0 Å². The summed E-state index contributed by atoms with van der Waals surface area (Å²) in [5.74, 6) is 0.189. The first kappa shape index (κ1) is 16.0. The highest BCUT2D eigenvalue weighted by Gasteiger charge is 2.32. The summed E-state index contributed by atoms with van der Waals surface area (Å²) in [4.78, 5) is 31.6. The number of fused-ring (bicyclic) bond motifs is 1. The number of rotatable bonds is 4. The first-order valence-electron chi connectivity index (χ1n) is 9.09. The zero-order valence-electron chi connectivity index (χ0n) is 14.3. The van der Waals surface area contributed by atoms with Crippen molar-refractivity contribution < 1.29 is 9.59 Å². The summed E-state index contributed by atoms with van der Waals surface area (Å²) >= 11 is 0. The smallest absolute Gasteiger partial charge is 0.317 e. The van der Waals surface area contributed by atoms with Crippen molar-refractivity contribution >= 4 is 22.8 Å². The van der Waals surface area contributed by atoms with Crippen LogP contribution in [0.25, 0.3) is 10.9 Å². The first-order valence-corrected chi connectivity index (χ1v) is 9.09. The van der Waals surface area contributed by atoms with Crippen molar-refractivity contribution in [1.82, 2.24) is 20.1 Å². The standard InChI is InChI=1S/C19H24N4O2/c24-18(8-7-14-12-21-17-6-2-1-5-16(14)17)22-10-3-4-15(13-22)23-11-9-20-19(23)25/h1-2,5-6,12,15,21H,3-4,7-11,13H2,(H,20,25)/t15-/m0/s1. The van der Waals surface area contributed by atoms with Gasteiger partial charge in [-0.15, -0.1) is 0 Å². The van der Waals surface area contributed by atoms with Crippen molar-refractivity contribution in [2.75, 3.05) is 26.2 Å². The van der Waals surface area contributed by atoms with E-state index in [2.05, 4.69) is 22.4 Å². The molecule has 0 saturated carbocycles. The average molecular weight is 340 g/mol. The van der Waals surface area contributed by atoms with Gasteiger partial charge in [-0.1, -0.05) is 18.2 Å². The van der Waals surface area contributed by atoms with E-state index in [1.165, 1.54) is 10.9 Å². The molecule has 0 unspecified atom stereocenters. The van der Waals surface area contributed by atoms with Crippen LogP contribution in [0.2, 0.25) is 0 Å². The highest BCUT2D eigenvalue weighted by Crippen LogP contribution is 2.21. The summed E-state index contributed by atoms with van der Waals surface area (Å²) in [6.45, 7) is 2.93. The van der Waals surface area contributed by atoms with Crippen LogP contribution in [0.3, 0.4) is 0 Å². The van der Waals surface area contributed by atoms with Crippen LogP contribution in [0.5, 0.6) is 0 Å². The van der Waals surface area contributed by atoms with Crippen LogP contribution in [-0.4, -0.2) is 58.9 Å². The molecule has 1 aromatic carbocycles. The van der Waals surface area contributed by atoms with Gasteiger partial charge in [0.25, 0.3) is 0 Å². The van der Waals surface area contributed by atoms with Crippen LogP contribution >= 0.6 is 0 Å². The van der Waals surface area contributed by atoms with E-state index in [1.807, 2.05) is 28.1 Å². The van der Waals surface area contributed by atoms with Crippen LogP contribution in [0.4, 0.5) is 4.79 Å². The number of para-hydroxylation sites is 1. The summed E-state index contributed by atoms with van der Waals surface area (Å²) in [5, 5.41) is 4.05. The Morgan fingerprint density at radius 2 is 2.12 bits per heavy atom. The number of aromatic nitrogens is 1. The van der Waals surface area contributed by atoms with Crippen LogP contribution in [-0.2, 0) is 11.2 Å². The SMILES string of the molecule is O=C(CCc1c[nH]c2ccccc12)N1CCC[C@H](N2CCNC2=O)C1. The van der Waals surface area contributed by atoms with Crippen LogP contribution < -0.4 is 5.32 Å². The molecular weight excluding hydrogens is 316 g/mol. The molecule has 132 valence electrons. The van der Waals surface area contributed by atoms with Crippen molar-refractivity contribution in [3.63, 3.8) is 0 Å². The van der Waals surface area contributed by atoms with Crippen molar-refractivity contribution in [1.29, 1.82) is 0 Å². The number of aryl methyl sites for hydroxylation is 1. The number of carbonyl (C=O) groups is 2. The summed E-state index contributed by atoms with van der Waals surface area (Å²) in [6, 6.07) is 8.35. The molecule has 0 aliphatic carbocycles. The first-order chi connectivity index (χ1) is 12.2. The molecular formula is C19H24N4O2. The fraction of sp³-hybridized carbons (Fsp3) is 0.474. The van der Waals surface area contributed by atoms with Gasteiger partial charge in [-0.3, -0.25) is 4.79 Å². The second kappa shape index (κ2) is 6.78. The second-order valence-corrected chi connectivity index (χ2v) is 6.92. The monoisotopic (exact) mass is 340 g/mol. The summed E-state index contributed by atoms with van der Waals surface area (Å²) < 4.78 is 0. The number of amides is 3. The predicted octanol–water partition coefficient (Wildman–Crippen LogP) is 2.12. The molecule has 2 N–H and O–H groups in total. The molecule has 25 heavy (non-hydrogen) atoms. The van der Waals surface area contributed by atoms with Crippen molar-refractivity contribution in [3.8, 4) is 0 Å². The topological polar surface area (TPSA) is 68.4 Å². The molecule has 6 heteroatoms. The molecule has 0 spiro atoms. The number of urea groups is 1. The molecule has 2 aliphatic rings. The molecule has 2 aliphatic heterocycles. The van der Waals surface area contributed by atoms with Gasteiger partial charge in [-0.25, -0.2) is 4.79 Å². The van der Waals surface area contributed by atoms with Crippen molar-refractivity contribution in [3.05, 3.63) is 36.0 Å². The second-order valence-electron chi connectivity index (χ2n) is 6.92. The van der Waals surface area contributed by atoms with Gasteiger partial charge < -0.3 is 20.1 Å². The van der Waals surface area contributed by atoms with Crippen LogP contribution in [0.15, 0.2) is 30.5 Å². The van der Waals surface area contributed by atoms with E-state index < -0.39 is 0 Å². The van der Waals surface area contributed by atoms with Crippen molar-refractivity contribution in [2.45, 2.75) is 31.7 Å². The summed E-state index contributed by atoms with van der Waals surface area (Å²) in [7, 11) is 0. The summed E-state index contributed by atoms with van der Waals surface area (Å²) in [5.41, 5.74) is 2.31. The minimum atomic E-state index is 0.0121. The lowest BCUT2D eigenvalue weighted by Gasteiger charge is -2.37. The maximum absolute atomic E-state index is 12.7. The molecule has 0 radical (unpaired) electrons. The lowest BCUT2D eigenvalue weighted by atomic mass is 10.0. The van der Waals surface area contributed by atoms with Gasteiger partial charge >= 0.3 is 6.03 Å². The average Bonchev–Trinajstić information content (AvgIpc) is 3.26. The number of piperidine rings is 1. The summed E-state index contributed by atoms with van der Waals surface area (Å²) in [6.07, 6.45) is 5.22. The van der Waals surface area contributed by atoms with Gasteiger partial charge in [0, 0.05) is 49.7 Å². The fourth-order valence-corrected chi connectivity index (χ4v) is 4.01. The van der Waals surface area contributed by atoms with E-state index in [0.717, 1.165) is 37.9 Å². The number of H-pyrrole nitrogens is 1. The van der Waals surface area contributed by atoms with Crippen LogP contribution in [0.1, 0.15) is 24.8 Å². The normalized spacial score (nSPS) is 21.0. The predicted molar refractivity (Wildman–Crippen MR) is 96.3 cm³/mol. The highest BCUT2D eigenvalue weighted by atomic mass is 16.2. The van der Waals surface area contributed by atoms with Gasteiger partial charge in [0.2, 0.25) is 5.91 Å². The third kappa shape index (κ3) is 3.21. The maximum atomic E-state index is 12.7. The minimum Gasteiger partial charge on any atom is -0.361 e. The van der Waals surface area contributed by atoms with Gasteiger partial charge in [-0.2, -0.15) is 0 Å². The van der Waals surface area contributed by atoms with Gasteiger partial charge in [0.05, 0.1) is 6.04 Å². The number of likely N-dealkylation sites (tertiary alicyclic amines) is 1. The zero-order chi connectivity index (χ0) is 17.2. The third-order valence-electron chi connectivity index (χ3n) is 5.36. The van der Waals surface area contributed by atoms with E-state index in [9.17, 15) is 9.59 Å². The fourth-order valence-electron chi connectivity index (χ4n) is 4.01. The molecule has 2 saturated heterocycles. The number of hydrogen-bond acceptors (Lipinski definition) is 2. The molecule has 6 nitrogen and oxygen atoms in total. The van der Waals surface area contributed by atoms with E-state index in [-0.39, 0.29) is 18.0 Å². The van der Waals surface area contributed by atoms with E-state index >= 15 is 0 Å². The highest BCUT2D eigenvalue weighted by molar-refractivity contribution is 5.84. The Morgan fingerprint density at radius 3 is 2.96 bits per heavy atom. The Labute approximate surface area is 147 Å². The van der Waals surface area contributed by atoms with Gasteiger partial charge in [0.15, 0.2) is 0 Å². The van der Waals surface area contributed by atoms with Gasteiger partial charge in [-0.05, 0) is 30.9 Å². The number of aromatic amines is 1. The maximum Gasteiger partial charge on any atom is 0.317 e. The minimum absolute atomic E-state index is 0.0121. The molecule has 4 rings (SSSR count). The quantitative estimate of drug-likeness (QED) is 0.895. The Morgan fingerprint density at radius 1 is 1.24 bits per heavy atom. The molecule has 3 heterocycles. The largest absolute Gasteiger partial charge is 0.361 e. The van der Waals surface area contributed by atoms with E-state index in [0.29, 0.717) is 19.5 Å². The molecule has 1 aromatic heterocycles. The molecule has 1 atom stereocenters. The van der Waals surface area contributed by atoms with E-state index in [4.69, 9.17) is 0 Å². The Kier molecular flexibility index (Phi) is 4.34. The Balaban J connectivity index is 1.36. The number of nitrogens with one attached hydrogen (secondary N) is 2. The van der Waals surface area contributed by atoms with E-state index in [1.54, 1.807) is 0 Å². The molecule has 2 aromatic rings. The molecule has 3 amide bonds. The molecule has 2 fully saturated rings. The van der Waals surface area contributed by atoms with Crippen LogP contribution in [0, 0.1) is 0 Å². The Bertz CT molecular complexity index is 785. The number of hydrogen-bond donors (Lipinski definition) is 2. The number of nitrogens with zero attached hydrogens (tertiary/aromatic N) is 2. The van der Waals surface area contributed by atoms with Crippen molar-refractivity contribution in [2.24, 2.45) is 0 Å². The number of benzene rings is 1. The Hall–Kier alpha value is -2.50. The lowest BCUT2D eigenvalue weighted by molar-refractivity contribution is -0.133. The zero-order valence-corrected chi connectivity index (χ0v) is 14.3. The third-order valence-corrected chi connectivity index (χ3v) is 5.36. The number of carbonyl (C=O) groups excluding carboxylic acids is 2. The molecule has 0 bridgehead atoms.